The van der Waals surface area contributed by atoms with Crippen LogP contribution in [0.2, 0.25) is 0 Å². The minimum atomic E-state index is -0.912. The normalized spacial score (nSPS) is 19.9. The molecule has 1 aromatic carbocycles. The summed E-state index contributed by atoms with van der Waals surface area (Å²) >= 11 is 2.00. The van der Waals surface area contributed by atoms with E-state index in [1.165, 1.54) is 23.3 Å². The van der Waals surface area contributed by atoms with Gasteiger partial charge in [0.05, 0.1) is 0 Å². The first kappa shape index (κ1) is 14.0. The van der Waals surface area contributed by atoms with Gasteiger partial charge in [0.15, 0.2) is 0 Å². The van der Waals surface area contributed by atoms with Crippen molar-refractivity contribution in [2.45, 2.75) is 19.9 Å². The van der Waals surface area contributed by atoms with Crippen LogP contribution in [0.4, 0.5) is 5.69 Å². The summed E-state index contributed by atoms with van der Waals surface area (Å²) in [5.41, 5.74) is 3.31. The molecule has 2 rings (SSSR count). The molecule has 1 aliphatic heterocycles. The molecule has 1 aromatic rings. The Morgan fingerprint density at radius 2 is 2.32 bits per heavy atom. The topological polar surface area (TPSA) is 40.5 Å². The lowest BCUT2D eigenvalue weighted by Crippen LogP contribution is -2.40. The van der Waals surface area contributed by atoms with Gasteiger partial charge in [-0.15, -0.1) is 0 Å². The van der Waals surface area contributed by atoms with Crippen LogP contribution < -0.4 is 4.90 Å². The maximum Gasteiger partial charge on any atom is 0.328 e. The largest absolute Gasteiger partial charge is 0.478 e. The zero-order chi connectivity index (χ0) is 13.8. The van der Waals surface area contributed by atoms with Gasteiger partial charge in [0, 0.05) is 35.9 Å². The first-order valence-electron chi connectivity index (χ1n) is 6.44. The number of aliphatic carboxylic acids is 1. The zero-order valence-corrected chi connectivity index (χ0v) is 12.1. The van der Waals surface area contributed by atoms with Gasteiger partial charge in [0.2, 0.25) is 0 Å². The van der Waals surface area contributed by atoms with Crippen molar-refractivity contribution < 1.29 is 9.90 Å². The molecular formula is C15H19NO2S. The second-order valence-electron chi connectivity index (χ2n) is 4.83. The van der Waals surface area contributed by atoms with Crippen LogP contribution in [0.1, 0.15) is 18.1 Å². The molecule has 1 atom stereocenters. The fraction of sp³-hybridized carbons (Fsp3) is 0.400. The molecule has 1 unspecified atom stereocenters. The molecule has 1 saturated heterocycles. The lowest BCUT2D eigenvalue weighted by molar-refractivity contribution is -0.131. The molecule has 0 saturated carbocycles. The molecule has 0 amide bonds. The van der Waals surface area contributed by atoms with E-state index in [0.29, 0.717) is 6.04 Å². The van der Waals surface area contributed by atoms with E-state index >= 15 is 0 Å². The van der Waals surface area contributed by atoms with Gasteiger partial charge in [0.1, 0.15) is 0 Å². The summed E-state index contributed by atoms with van der Waals surface area (Å²) < 4.78 is 0. The predicted molar refractivity (Wildman–Crippen MR) is 82.0 cm³/mol. The number of rotatable bonds is 3. The minimum Gasteiger partial charge on any atom is -0.478 e. The standard InChI is InChI=1S/C15H19NO2S/c1-11-9-14(16-7-8-19-10-12(16)2)5-3-13(11)4-6-15(17)18/h3-6,9,12H,7-8,10H2,1-2H3,(H,17,18). The van der Waals surface area contributed by atoms with E-state index in [-0.39, 0.29) is 0 Å². The van der Waals surface area contributed by atoms with Crippen molar-refractivity contribution in [2.75, 3.05) is 23.0 Å². The van der Waals surface area contributed by atoms with Crippen LogP contribution in [-0.2, 0) is 4.79 Å². The van der Waals surface area contributed by atoms with E-state index in [9.17, 15) is 4.79 Å². The van der Waals surface area contributed by atoms with E-state index in [4.69, 9.17) is 5.11 Å². The average molecular weight is 277 g/mol. The molecule has 19 heavy (non-hydrogen) atoms. The van der Waals surface area contributed by atoms with Crippen molar-refractivity contribution >= 4 is 29.5 Å². The maximum absolute atomic E-state index is 10.5. The highest BCUT2D eigenvalue weighted by Crippen LogP contribution is 2.26. The first-order chi connectivity index (χ1) is 9.08. The summed E-state index contributed by atoms with van der Waals surface area (Å²) in [6.07, 6.45) is 2.83. The van der Waals surface area contributed by atoms with Gasteiger partial charge in [-0.3, -0.25) is 0 Å². The fourth-order valence-corrected chi connectivity index (χ4v) is 3.31. The van der Waals surface area contributed by atoms with Crippen LogP contribution in [0, 0.1) is 6.92 Å². The second-order valence-corrected chi connectivity index (χ2v) is 5.98. The second kappa shape index (κ2) is 6.15. The number of carboxylic acids is 1. The van der Waals surface area contributed by atoms with Gasteiger partial charge < -0.3 is 10.0 Å². The molecule has 0 aliphatic carbocycles. The minimum absolute atomic E-state index is 0.554. The van der Waals surface area contributed by atoms with E-state index < -0.39 is 5.97 Å². The zero-order valence-electron chi connectivity index (χ0n) is 11.3. The summed E-state index contributed by atoms with van der Waals surface area (Å²) in [6, 6.07) is 6.78. The Balaban J connectivity index is 2.20. The van der Waals surface area contributed by atoms with Crippen molar-refractivity contribution in [3.63, 3.8) is 0 Å². The third kappa shape index (κ3) is 3.53. The summed E-state index contributed by atoms with van der Waals surface area (Å²) in [6.45, 7) is 5.35. The predicted octanol–water partition coefficient (Wildman–Crippen LogP) is 3.03. The van der Waals surface area contributed by atoms with Crippen molar-refractivity contribution in [1.29, 1.82) is 0 Å². The highest BCUT2D eigenvalue weighted by atomic mass is 32.2. The van der Waals surface area contributed by atoms with Gasteiger partial charge in [-0.2, -0.15) is 11.8 Å². The third-order valence-electron chi connectivity index (χ3n) is 3.36. The highest BCUT2D eigenvalue weighted by molar-refractivity contribution is 7.99. The summed E-state index contributed by atoms with van der Waals surface area (Å²) in [5, 5.41) is 8.66. The smallest absolute Gasteiger partial charge is 0.328 e. The van der Waals surface area contributed by atoms with Gasteiger partial charge in [0.25, 0.3) is 0 Å². The Morgan fingerprint density at radius 3 is 2.95 bits per heavy atom. The molecule has 4 heteroatoms. The SMILES string of the molecule is Cc1cc(N2CCSCC2C)ccc1C=CC(=O)O. The van der Waals surface area contributed by atoms with Crippen molar-refractivity contribution in [3.8, 4) is 0 Å². The Bertz CT molecular complexity index is 499. The Labute approximate surface area is 118 Å². The Kier molecular flexibility index (Phi) is 4.53. The summed E-state index contributed by atoms with van der Waals surface area (Å²) in [7, 11) is 0. The molecule has 0 radical (unpaired) electrons. The van der Waals surface area contributed by atoms with E-state index in [1.807, 2.05) is 24.8 Å². The molecule has 3 nitrogen and oxygen atoms in total. The van der Waals surface area contributed by atoms with E-state index in [1.54, 1.807) is 6.08 Å². The number of thioether (sulfide) groups is 1. The summed E-state index contributed by atoms with van der Waals surface area (Å²) in [5.74, 6) is 1.43. The number of hydrogen-bond acceptors (Lipinski definition) is 3. The van der Waals surface area contributed by atoms with Crippen LogP contribution >= 0.6 is 11.8 Å². The van der Waals surface area contributed by atoms with Gasteiger partial charge in [-0.25, -0.2) is 4.79 Å². The van der Waals surface area contributed by atoms with Crippen LogP contribution in [0.15, 0.2) is 24.3 Å². The first-order valence-corrected chi connectivity index (χ1v) is 7.59. The van der Waals surface area contributed by atoms with Gasteiger partial charge in [-0.1, -0.05) is 6.07 Å². The number of nitrogens with zero attached hydrogens (tertiary/aromatic N) is 1. The summed E-state index contributed by atoms with van der Waals surface area (Å²) in [4.78, 5) is 13.0. The lowest BCUT2D eigenvalue weighted by Gasteiger charge is -2.35. The van der Waals surface area contributed by atoms with E-state index in [0.717, 1.165) is 17.7 Å². The third-order valence-corrected chi connectivity index (χ3v) is 4.55. The van der Waals surface area contributed by atoms with Crippen LogP contribution in [0.5, 0.6) is 0 Å². The Hall–Kier alpha value is -1.42. The molecule has 0 spiro atoms. The quantitative estimate of drug-likeness (QED) is 0.862. The number of carbonyl (C=O) groups is 1. The van der Waals surface area contributed by atoms with E-state index in [2.05, 4.69) is 24.0 Å². The number of benzene rings is 1. The highest BCUT2D eigenvalue weighted by Gasteiger charge is 2.18. The molecule has 0 bridgehead atoms. The van der Waals surface area contributed by atoms with Crippen LogP contribution in [-0.4, -0.2) is 35.2 Å². The number of aryl methyl sites for hydroxylation is 1. The molecule has 1 fully saturated rings. The van der Waals surface area contributed by atoms with Crippen molar-refractivity contribution in [2.24, 2.45) is 0 Å². The molecule has 1 heterocycles. The van der Waals surface area contributed by atoms with Crippen LogP contribution in [0.25, 0.3) is 6.08 Å². The van der Waals surface area contributed by atoms with Crippen molar-refractivity contribution in [1.82, 2.24) is 0 Å². The van der Waals surface area contributed by atoms with Crippen LogP contribution in [0.3, 0.4) is 0 Å². The molecule has 0 aromatic heterocycles. The number of anilines is 1. The molecule has 1 N–H and O–H groups in total. The lowest BCUT2D eigenvalue weighted by atomic mass is 10.1. The monoisotopic (exact) mass is 277 g/mol. The van der Waals surface area contributed by atoms with Crippen molar-refractivity contribution in [3.05, 3.63) is 35.4 Å². The fourth-order valence-electron chi connectivity index (χ4n) is 2.30. The molecule has 102 valence electrons. The molecular weight excluding hydrogens is 258 g/mol. The number of carboxylic acid groups (broad SMARTS) is 1. The number of hydrogen-bond donors (Lipinski definition) is 1. The van der Waals surface area contributed by atoms with Gasteiger partial charge in [-0.05, 0) is 43.2 Å². The average Bonchev–Trinajstić information content (AvgIpc) is 2.37. The van der Waals surface area contributed by atoms with Gasteiger partial charge >= 0.3 is 5.97 Å². The maximum atomic E-state index is 10.5. The molecule has 1 aliphatic rings. The Morgan fingerprint density at radius 1 is 1.53 bits per heavy atom.